The zero-order chi connectivity index (χ0) is 18.8. The molecule has 4 heteroatoms. The number of amides is 2. The predicted octanol–water partition coefficient (Wildman–Crippen LogP) is 4.24. The molecule has 4 nitrogen and oxygen atoms in total. The Balaban J connectivity index is 1.78. The van der Waals surface area contributed by atoms with Crippen molar-refractivity contribution in [3.8, 4) is 0 Å². The molecule has 0 atom stereocenters. The van der Waals surface area contributed by atoms with Gasteiger partial charge in [0.15, 0.2) is 0 Å². The molecule has 0 saturated carbocycles. The molecule has 0 aliphatic rings. The molecule has 138 valence electrons. The van der Waals surface area contributed by atoms with E-state index in [1.54, 1.807) is 0 Å². The van der Waals surface area contributed by atoms with Crippen LogP contribution in [-0.2, 0) is 29.0 Å². The number of hydrogen-bond acceptors (Lipinski definition) is 2. The van der Waals surface area contributed by atoms with Gasteiger partial charge in [0.1, 0.15) is 0 Å². The van der Waals surface area contributed by atoms with Gasteiger partial charge in [0.2, 0.25) is 11.8 Å². The van der Waals surface area contributed by atoms with E-state index in [1.165, 1.54) is 11.1 Å². The van der Waals surface area contributed by atoms with Gasteiger partial charge in [-0.3, -0.25) is 9.59 Å². The summed E-state index contributed by atoms with van der Waals surface area (Å²) in [5.41, 5.74) is 4.23. The van der Waals surface area contributed by atoms with Gasteiger partial charge in [-0.15, -0.1) is 0 Å². The zero-order valence-corrected chi connectivity index (χ0v) is 15.7. The van der Waals surface area contributed by atoms with Crippen LogP contribution in [0.5, 0.6) is 0 Å². The number of anilines is 1. The molecule has 0 radical (unpaired) electrons. The van der Waals surface area contributed by atoms with E-state index in [4.69, 9.17) is 0 Å². The molecular formula is C22H28N2O2. The van der Waals surface area contributed by atoms with E-state index in [0.717, 1.165) is 30.5 Å². The Morgan fingerprint density at radius 2 is 1.58 bits per heavy atom. The number of carbonyl (C=O) groups is 2. The Labute approximate surface area is 156 Å². The number of benzene rings is 2. The van der Waals surface area contributed by atoms with E-state index in [9.17, 15) is 9.59 Å². The first-order valence-electron chi connectivity index (χ1n) is 9.34. The smallest absolute Gasteiger partial charge is 0.224 e. The lowest BCUT2D eigenvalue weighted by atomic mass is 10.1. The van der Waals surface area contributed by atoms with Gasteiger partial charge in [-0.1, -0.05) is 50.2 Å². The van der Waals surface area contributed by atoms with Crippen LogP contribution in [0.2, 0.25) is 0 Å². The first kappa shape index (κ1) is 19.7. The summed E-state index contributed by atoms with van der Waals surface area (Å²) in [5.74, 6) is 0.0489. The van der Waals surface area contributed by atoms with Gasteiger partial charge in [0.25, 0.3) is 0 Å². The van der Waals surface area contributed by atoms with E-state index < -0.39 is 0 Å². The summed E-state index contributed by atoms with van der Waals surface area (Å²) in [5, 5.41) is 5.82. The number of rotatable bonds is 9. The molecule has 0 fully saturated rings. The molecule has 26 heavy (non-hydrogen) atoms. The van der Waals surface area contributed by atoms with Crippen LogP contribution in [-0.4, -0.2) is 11.8 Å². The highest BCUT2D eigenvalue weighted by molar-refractivity contribution is 5.90. The molecule has 2 amide bonds. The van der Waals surface area contributed by atoms with Gasteiger partial charge in [-0.05, 0) is 48.1 Å². The summed E-state index contributed by atoms with van der Waals surface area (Å²) in [6.45, 7) is 4.57. The quantitative estimate of drug-likeness (QED) is 0.709. The third kappa shape index (κ3) is 6.71. The van der Waals surface area contributed by atoms with Gasteiger partial charge < -0.3 is 10.6 Å². The van der Waals surface area contributed by atoms with Crippen molar-refractivity contribution >= 4 is 17.5 Å². The molecule has 0 saturated heterocycles. The minimum Gasteiger partial charge on any atom is -0.352 e. The number of carbonyl (C=O) groups excluding carboxylic acids is 2. The fourth-order valence-corrected chi connectivity index (χ4v) is 2.70. The Kier molecular flexibility index (Phi) is 7.87. The van der Waals surface area contributed by atoms with Crippen LogP contribution in [0, 0.1) is 0 Å². The van der Waals surface area contributed by atoms with Crippen molar-refractivity contribution in [1.82, 2.24) is 5.32 Å². The summed E-state index contributed by atoms with van der Waals surface area (Å²) in [6, 6.07) is 16.0. The van der Waals surface area contributed by atoms with Crippen molar-refractivity contribution < 1.29 is 9.59 Å². The molecule has 0 unspecified atom stereocenters. The molecule has 2 aromatic rings. The first-order valence-corrected chi connectivity index (χ1v) is 9.34. The second-order valence-electron chi connectivity index (χ2n) is 6.45. The van der Waals surface area contributed by atoms with Gasteiger partial charge in [-0.25, -0.2) is 0 Å². The zero-order valence-electron chi connectivity index (χ0n) is 15.7. The minimum absolute atomic E-state index is 0.0165. The predicted molar refractivity (Wildman–Crippen MR) is 106 cm³/mol. The standard InChI is InChI=1S/C22H28N2O2/c1-3-6-22(26)24-20-8-5-7-19(15-20)16-23-21(25)14-13-18-11-9-17(4-2)10-12-18/h5,7-12,15H,3-4,6,13-14,16H2,1-2H3,(H,23,25)(H,24,26). The van der Waals surface area contributed by atoms with E-state index in [-0.39, 0.29) is 11.8 Å². The van der Waals surface area contributed by atoms with Gasteiger partial charge >= 0.3 is 0 Å². The highest BCUT2D eigenvalue weighted by Gasteiger charge is 2.05. The highest BCUT2D eigenvalue weighted by atomic mass is 16.2. The monoisotopic (exact) mass is 352 g/mol. The van der Waals surface area contributed by atoms with Crippen LogP contribution in [0.4, 0.5) is 5.69 Å². The lowest BCUT2D eigenvalue weighted by molar-refractivity contribution is -0.121. The summed E-state index contributed by atoms with van der Waals surface area (Å²) in [7, 11) is 0. The van der Waals surface area contributed by atoms with Crippen LogP contribution in [0.15, 0.2) is 48.5 Å². The molecule has 0 aliphatic carbocycles. The number of hydrogen-bond donors (Lipinski definition) is 2. The SMILES string of the molecule is CCCC(=O)Nc1cccc(CNC(=O)CCc2ccc(CC)cc2)c1. The number of nitrogens with one attached hydrogen (secondary N) is 2. The third-order valence-corrected chi connectivity index (χ3v) is 4.25. The van der Waals surface area contributed by atoms with Crippen molar-refractivity contribution in [2.24, 2.45) is 0 Å². The summed E-state index contributed by atoms with van der Waals surface area (Å²) in [6.07, 6.45) is 3.57. The number of aryl methyl sites for hydroxylation is 2. The van der Waals surface area contributed by atoms with Crippen LogP contribution in [0.3, 0.4) is 0 Å². The summed E-state index contributed by atoms with van der Waals surface area (Å²) >= 11 is 0. The second-order valence-corrected chi connectivity index (χ2v) is 6.45. The Bertz CT molecular complexity index is 723. The van der Waals surface area contributed by atoms with Crippen LogP contribution < -0.4 is 10.6 Å². The topological polar surface area (TPSA) is 58.2 Å². The van der Waals surface area contributed by atoms with Crippen molar-refractivity contribution in [1.29, 1.82) is 0 Å². The normalized spacial score (nSPS) is 10.4. The molecule has 0 aromatic heterocycles. The fraction of sp³-hybridized carbons (Fsp3) is 0.364. The summed E-state index contributed by atoms with van der Waals surface area (Å²) < 4.78 is 0. The Morgan fingerprint density at radius 1 is 0.846 bits per heavy atom. The van der Waals surface area contributed by atoms with E-state index in [1.807, 2.05) is 31.2 Å². The average molecular weight is 352 g/mol. The van der Waals surface area contributed by atoms with Gasteiger partial charge in [0, 0.05) is 25.1 Å². The molecule has 0 heterocycles. The van der Waals surface area contributed by atoms with E-state index >= 15 is 0 Å². The van der Waals surface area contributed by atoms with Gasteiger partial charge in [-0.2, -0.15) is 0 Å². The largest absolute Gasteiger partial charge is 0.352 e. The highest BCUT2D eigenvalue weighted by Crippen LogP contribution is 2.12. The fourth-order valence-electron chi connectivity index (χ4n) is 2.70. The molecule has 2 N–H and O–H groups in total. The van der Waals surface area contributed by atoms with Crippen LogP contribution >= 0.6 is 0 Å². The maximum Gasteiger partial charge on any atom is 0.224 e. The van der Waals surface area contributed by atoms with Crippen molar-refractivity contribution in [2.45, 2.75) is 52.5 Å². The first-order chi connectivity index (χ1) is 12.6. The van der Waals surface area contributed by atoms with Crippen LogP contribution in [0.1, 0.15) is 49.8 Å². The second kappa shape index (κ2) is 10.4. The van der Waals surface area contributed by atoms with Crippen LogP contribution in [0.25, 0.3) is 0 Å². The van der Waals surface area contributed by atoms with Gasteiger partial charge in [0.05, 0.1) is 0 Å². The molecular weight excluding hydrogens is 324 g/mol. The Morgan fingerprint density at radius 3 is 2.27 bits per heavy atom. The third-order valence-electron chi connectivity index (χ3n) is 4.25. The summed E-state index contributed by atoms with van der Waals surface area (Å²) in [4.78, 5) is 23.7. The van der Waals surface area contributed by atoms with E-state index in [0.29, 0.717) is 19.4 Å². The molecule has 2 rings (SSSR count). The lowest BCUT2D eigenvalue weighted by Gasteiger charge is -2.09. The lowest BCUT2D eigenvalue weighted by Crippen LogP contribution is -2.23. The molecule has 0 aliphatic heterocycles. The molecule has 0 spiro atoms. The van der Waals surface area contributed by atoms with E-state index in [2.05, 4.69) is 41.8 Å². The maximum atomic E-state index is 12.1. The van der Waals surface area contributed by atoms with Crippen molar-refractivity contribution in [3.05, 3.63) is 65.2 Å². The maximum absolute atomic E-state index is 12.1. The molecule has 0 bridgehead atoms. The van der Waals surface area contributed by atoms with Crippen molar-refractivity contribution in [3.63, 3.8) is 0 Å². The minimum atomic E-state index is 0.0165. The average Bonchev–Trinajstić information content (AvgIpc) is 2.65. The Hall–Kier alpha value is -2.62. The molecule has 2 aromatic carbocycles. The van der Waals surface area contributed by atoms with Crippen molar-refractivity contribution in [2.75, 3.05) is 5.32 Å².